The molecule has 32 heavy (non-hydrogen) atoms. The molecular weight excluding hydrogens is 424 g/mol. The molecule has 0 unspecified atom stereocenters. The molecule has 5 nitrogen and oxygen atoms in total. The summed E-state index contributed by atoms with van der Waals surface area (Å²) >= 11 is 6.22. The molecule has 1 aromatic heterocycles. The predicted molar refractivity (Wildman–Crippen MR) is 127 cm³/mol. The molecule has 0 spiro atoms. The second-order valence-corrected chi connectivity index (χ2v) is 7.84. The van der Waals surface area contributed by atoms with Crippen molar-refractivity contribution in [2.45, 2.75) is 26.1 Å². The van der Waals surface area contributed by atoms with Gasteiger partial charge in [0.2, 0.25) is 5.91 Å². The zero-order valence-corrected chi connectivity index (χ0v) is 19.0. The Morgan fingerprint density at radius 2 is 1.81 bits per heavy atom. The molecule has 0 bridgehead atoms. The first-order valence-corrected chi connectivity index (χ1v) is 10.8. The number of methoxy groups -OCH3 is 1. The number of hydrogen-bond donors (Lipinski definition) is 0. The van der Waals surface area contributed by atoms with Crippen molar-refractivity contribution in [3.05, 3.63) is 101 Å². The van der Waals surface area contributed by atoms with Crippen LogP contribution in [0.2, 0.25) is 5.02 Å². The van der Waals surface area contributed by atoms with Gasteiger partial charge in [0.05, 0.1) is 6.61 Å². The fraction of sp³-hybridized carbons (Fsp3) is 0.231. The van der Waals surface area contributed by atoms with E-state index in [0.717, 1.165) is 22.4 Å². The fourth-order valence-corrected chi connectivity index (χ4v) is 3.43. The van der Waals surface area contributed by atoms with Gasteiger partial charge in [-0.15, -0.1) is 0 Å². The van der Waals surface area contributed by atoms with E-state index in [-0.39, 0.29) is 12.0 Å². The summed E-state index contributed by atoms with van der Waals surface area (Å²) in [6, 6.07) is 19.0. The third-order valence-corrected chi connectivity index (χ3v) is 5.10. The Hall–Kier alpha value is -3.15. The number of ether oxygens (including phenoxy) is 2. The Morgan fingerprint density at radius 1 is 1.06 bits per heavy atom. The molecule has 1 atom stereocenters. The summed E-state index contributed by atoms with van der Waals surface area (Å²) in [5.74, 6) is 0.635. The maximum Gasteiger partial charge on any atom is 0.247 e. The number of aromatic nitrogens is 1. The first-order valence-electron chi connectivity index (χ1n) is 10.4. The molecule has 3 rings (SSSR count). The monoisotopic (exact) mass is 450 g/mol. The van der Waals surface area contributed by atoms with Crippen LogP contribution in [0, 0.1) is 0 Å². The molecular formula is C26H27ClN2O3. The molecule has 6 heteroatoms. The van der Waals surface area contributed by atoms with Gasteiger partial charge in [0.1, 0.15) is 11.9 Å². The van der Waals surface area contributed by atoms with Crippen molar-refractivity contribution >= 4 is 23.6 Å². The minimum Gasteiger partial charge on any atom is -0.488 e. The molecule has 0 N–H and O–H groups in total. The Balaban J connectivity index is 1.78. The first-order chi connectivity index (χ1) is 15.5. The van der Waals surface area contributed by atoms with Crippen LogP contribution in [0.15, 0.2) is 79.1 Å². The molecule has 0 fully saturated rings. The smallest absolute Gasteiger partial charge is 0.247 e. The molecule has 0 aliphatic rings. The lowest BCUT2D eigenvalue weighted by molar-refractivity contribution is -0.127. The Kier molecular flexibility index (Phi) is 8.84. The number of benzene rings is 2. The van der Waals surface area contributed by atoms with Crippen LogP contribution < -0.4 is 4.74 Å². The van der Waals surface area contributed by atoms with E-state index >= 15 is 0 Å². The van der Waals surface area contributed by atoms with Crippen LogP contribution in [0.3, 0.4) is 0 Å². The van der Waals surface area contributed by atoms with E-state index in [1.807, 2.05) is 61.5 Å². The summed E-state index contributed by atoms with van der Waals surface area (Å²) < 4.78 is 11.0. The SMILES string of the molecule is COC[C@H](C)Oc1cccc(CN(Cc2ccncc2)C(=O)/C=C/c2ccccc2Cl)c1. The Morgan fingerprint density at radius 3 is 2.56 bits per heavy atom. The summed E-state index contributed by atoms with van der Waals surface area (Å²) in [7, 11) is 1.65. The molecule has 0 aliphatic carbocycles. The van der Waals surface area contributed by atoms with Crippen molar-refractivity contribution < 1.29 is 14.3 Å². The van der Waals surface area contributed by atoms with Crippen molar-refractivity contribution in [3.8, 4) is 5.75 Å². The van der Waals surface area contributed by atoms with Gasteiger partial charge in [-0.1, -0.05) is 41.9 Å². The minimum atomic E-state index is -0.110. The van der Waals surface area contributed by atoms with Crippen molar-refractivity contribution in [1.29, 1.82) is 0 Å². The highest BCUT2D eigenvalue weighted by Gasteiger charge is 2.14. The average molecular weight is 451 g/mol. The van der Waals surface area contributed by atoms with Crippen LogP contribution in [-0.4, -0.2) is 35.6 Å². The van der Waals surface area contributed by atoms with Crippen molar-refractivity contribution in [2.24, 2.45) is 0 Å². The topological polar surface area (TPSA) is 51.7 Å². The number of carbonyl (C=O) groups is 1. The molecule has 1 heterocycles. The number of nitrogens with zero attached hydrogens (tertiary/aromatic N) is 2. The second-order valence-electron chi connectivity index (χ2n) is 7.44. The number of pyridine rings is 1. The lowest BCUT2D eigenvalue weighted by atomic mass is 10.1. The molecule has 166 valence electrons. The molecule has 3 aromatic rings. The first kappa shape index (κ1) is 23.5. The normalized spacial score (nSPS) is 12.0. The van der Waals surface area contributed by atoms with Gasteiger partial charge in [-0.25, -0.2) is 0 Å². The molecule has 0 saturated heterocycles. The van der Waals surface area contributed by atoms with Gasteiger partial charge in [0.25, 0.3) is 0 Å². The lowest BCUT2D eigenvalue weighted by Gasteiger charge is -2.22. The quantitative estimate of drug-likeness (QED) is 0.388. The third kappa shape index (κ3) is 7.22. The maximum absolute atomic E-state index is 13.1. The van der Waals surface area contributed by atoms with Gasteiger partial charge < -0.3 is 14.4 Å². The van der Waals surface area contributed by atoms with Gasteiger partial charge in [0.15, 0.2) is 0 Å². The number of amides is 1. The van der Waals surface area contributed by atoms with Gasteiger partial charge >= 0.3 is 0 Å². The van der Waals surface area contributed by atoms with Crippen LogP contribution in [-0.2, 0) is 22.6 Å². The molecule has 0 radical (unpaired) electrons. The van der Waals surface area contributed by atoms with Gasteiger partial charge in [-0.2, -0.15) is 0 Å². The molecule has 0 aliphatic heterocycles. The number of rotatable bonds is 10. The summed E-state index contributed by atoms with van der Waals surface area (Å²) in [6.45, 7) is 3.35. The van der Waals surface area contributed by atoms with Crippen molar-refractivity contribution in [3.63, 3.8) is 0 Å². The fourth-order valence-electron chi connectivity index (χ4n) is 3.24. The summed E-state index contributed by atoms with van der Waals surface area (Å²) in [4.78, 5) is 19.0. The number of carbonyl (C=O) groups excluding carboxylic acids is 1. The van der Waals surface area contributed by atoms with E-state index in [0.29, 0.717) is 24.7 Å². The predicted octanol–water partition coefficient (Wildman–Crippen LogP) is 5.39. The van der Waals surface area contributed by atoms with Gasteiger partial charge in [-0.3, -0.25) is 9.78 Å². The van der Waals surface area contributed by atoms with Crippen LogP contribution in [0.25, 0.3) is 6.08 Å². The van der Waals surface area contributed by atoms with E-state index in [9.17, 15) is 4.79 Å². The third-order valence-electron chi connectivity index (χ3n) is 4.76. The van der Waals surface area contributed by atoms with E-state index in [4.69, 9.17) is 21.1 Å². The van der Waals surface area contributed by atoms with Crippen LogP contribution in [0.5, 0.6) is 5.75 Å². The van der Waals surface area contributed by atoms with Gasteiger partial charge in [-0.05, 0) is 60.0 Å². The van der Waals surface area contributed by atoms with E-state index < -0.39 is 0 Å². The zero-order chi connectivity index (χ0) is 22.8. The Bertz CT molecular complexity index is 1040. The highest BCUT2D eigenvalue weighted by molar-refractivity contribution is 6.32. The van der Waals surface area contributed by atoms with E-state index in [2.05, 4.69) is 4.98 Å². The summed E-state index contributed by atoms with van der Waals surface area (Å²) in [6.07, 6.45) is 6.69. The standard InChI is InChI=1S/C26H27ClN2O3/c1-20(19-31-2)32-24-8-5-6-22(16-24)18-29(17-21-12-14-28-15-13-21)26(30)11-10-23-7-3-4-9-25(23)27/h3-16,20H,17-19H2,1-2H3/b11-10+/t20-/m0/s1. The van der Waals surface area contributed by atoms with E-state index in [1.165, 1.54) is 0 Å². The van der Waals surface area contributed by atoms with E-state index in [1.54, 1.807) is 42.6 Å². The van der Waals surface area contributed by atoms with Crippen LogP contribution in [0.1, 0.15) is 23.6 Å². The van der Waals surface area contributed by atoms with Crippen LogP contribution >= 0.6 is 11.6 Å². The van der Waals surface area contributed by atoms with Crippen LogP contribution in [0.4, 0.5) is 0 Å². The minimum absolute atomic E-state index is 0.0663. The highest BCUT2D eigenvalue weighted by atomic mass is 35.5. The molecule has 1 amide bonds. The summed E-state index contributed by atoms with van der Waals surface area (Å²) in [5.41, 5.74) is 2.77. The maximum atomic E-state index is 13.1. The van der Waals surface area contributed by atoms with Crippen molar-refractivity contribution in [2.75, 3.05) is 13.7 Å². The zero-order valence-electron chi connectivity index (χ0n) is 18.3. The second kappa shape index (κ2) is 12.0. The van der Waals surface area contributed by atoms with Crippen molar-refractivity contribution in [1.82, 2.24) is 9.88 Å². The molecule has 2 aromatic carbocycles. The Labute approximate surface area is 194 Å². The largest absolute Gasteiger partial charge is 0.488 e. The number of hydrogen-bond acceptors (Lipinski definition) is 4. The lowest BCUT2D eigenvalue weighted by Crippen LogP contribution is -2.28. The van der Waals surface area contributed by atoms with Gasteiger partial charge in [0, 0.05) is 43.7 Å². The molecule has 0 saturated carbocycles. The highest BCUT2D eigenvalue weighted by Crippen LogP contribution is 2.19. The average Bonchev–Trinajstić information content (AvgIpc) is 2.79. The number of halogens is 1. The summed E-state index contributed by atoms with van der Waals surface area (Å²) in [5, 5.41) is 0.604.